The SMILES string of the molecule is CCC(F)(F)OC(COC(C(=O)CCCNC(=O)CCOCCOCCN(CCOCCOCCC(=O)NCCCC(=O)C(F)(OCC(OC(F)(F)CC(F)(F)F)C(F)(F)F)C(F)(F)F)C(=O)CCOCCOCCn1cc(CCC(=O)CCCC[C@@H]2SC[C@@H]3NC(=O)N[C@@H]32)nn1)C(F)(F)F)C(F)(F)F. The van der Waals surface area contributed by atoms with Crippen molar-refractivity contribution in [1.29, 1.82) is 0 Å². The topological polar surface area (TPSA) is 294 Å². The Hall–Kier alpha value is -5.62. The first-order valence-corrected chi connectivity index (χ1v) is 33.8. The van der Waals surface area contributed by atoms with Crippen molar-refractivity contribution in [2.24, 2.45) is 0 Å². The minimum absolute atomic E-state index is 0.00169. The second-order valence-corrected chi connectivity index (χ2v) is 24.6. The van der Waals surface area contributed by atoms with Gasteiger partial charge in [0.1, 0.15) is 12.2 Å². The summed E-state index contributed by atoms with van der Waals surface area (Å²) in [6.07, 6.45) is -54.4. The van der Waals surface area contributed by atoms with Gasteiger partial charge in [-0.05, 0) is 32.1 Å². The molecule has 7 atom stereocenters. The Labute approximate surface area is 592 Å². The van der Waals surface area contributed by atoms with Gasteiger partial charge in [-0.15, -0.1) is 5.10 Å². The second-order valence-electron chi connectivity index (χ2n) is 23.4. The molecule has 4 unspecified atom stereocenters. The minimum atomic E-state index is -6.44. The fourth-order valence-electron chi connectivity index (χ4n) is 9.41. The number of hydrogen-bond acceptors (Lipinski definition) is 20. The number of ketones is 3. The van der Waals surface area contributed by atoms with Crippen molar-refractivity contribution >= 4 is 52.9 Å². The number of rotatable bonds is 57. The summed E-state index contributed by atoms with van der Waals surface area (Å²) >= 11 is 1.82. The molecule has 105 heavy (non-hydrogen) atoms. The molecule has 2 saturated heterocycles. The Balaban J connectivity index is 1.38. The highest BCUT2D eigenvalue weighted by atomic mass is 32.2. The predicted molar refractivity (Wildman–Crippen MR) is 322 cm³/mol. The van der Waals surface area contributed by atoms with Crippen molar-refractivity contribution in [3.8, 4) is 0 Å². The van der Waals surface area contributed by atoms with E-state index in [1.54, 1.807) is 10.9 Å². The number of nitrogens with zero attached hydrogens (tertiary/aromatic N) is 4. The molecule has 2 aliphatic heterocycles. The van der Waals surface area contributed by atoms with Crippen molar-refractivity contribution in [3.05, 3.63) is 11.9 Å². The number of halogens is 20. The van der Waals surface area contributed by atoms with Gasteiger partial charge in [-0.3, -0.25) is 28.8 Å². The molecular formula is C59H84F20N8O17S. The predicted octanol–water partition coefficient (Wildman–Crippen LogP) is 8.17. The van der Waals surface area contributed by atoms with Crippen LogP contribution in [0.5, 0.6) is 0 Å². The normalized spacial score (nSPS) is 17.5. The van der Waals surface area contributed by atoms with E-state index >= 15 is 0 Å². The summed E-state index contributed by atoms with van der Waals surface area (Å²) in [5.41, 5.74) is 0.637. The molecule has 5 amide bonds. The lowest BCUT2D eigenvalue weighted by Gasteiger charge is -2.31. The second kappa shape index (κ2) is 45.4. The molecular weight excluding hydrogens is 1500 g/mol. The van der Waals surface area contributed by atoms with Crippen LogP contribution in [-0.2, 0) is 89.1 Å². The highest BCUT2D eigenvalue weighted by Gasteiger charge is 2.64. The van der Waals surface area contributed by atoms with Crippen LogP contribution in [0.15, 0.2) is 6.20 Å². The van der Waals surface area contributed by atoms with E-state index in [0.29, 0.717) is 36.8 Å². The minimum Gasteiger partial charge on any atom is -0.379 e. The summed E-state index contributed by atoms with van der Waals surface area (Å²) in [5, 5.41) is 18.8. The molecule has 0 aromatic carbocycles. The number of Topliss-reactive ketones (excluding diaryl/α,β-unsaturated/α-hetero) is 3. The summed E-state index contributed by atoms with van der Waals surface area (Å²) in [4.78, 5) is 87.9. The van der Waals surface area contributed by atoms with E-state index in [4.69, 9.17) is 28.4 Å². The lowest BCUT2D eigenvalue weighted by molar-refractivity contribution is -0.371. The number of carbonyl (C=O) groups is 7. The van der Waals surface area contributed by atoms with Crippen molar-refractivity contribution in [1.82, 2.24) is 41.2 Å². The van der Waals surface area contributed by atoms with Crippen molar-refractivity contribution in [2.75, 3.05) is 124 Å². The van der Waals surface area contributed by atoms with Gasteiger partial charge in [-0.2, -0.15) is 99.6 Å². The molecule has 0 spiro atoms. The van der Waals surface area contributed by atoms with E-state index in [1.807, 2.05) is 11.8 Å². The summed E-state index contributed by atoms with van der Waals surface area (Å²) in [6, 6.07) is 0.104. The number of unbranched alkanes of at least 4 members (excludes halogenated alkanes) is 1. The van der Waals surface area contributed by atoms with Gasteiger partial charge in [0.05, 0.1) is 123 Å². The molecule has 0 radical (unpaired) electrons. The van der Waals surface area contributed by atoms with E-state index in [2.05, 4.69) is 50.5 Å². The molecule has 4 N–H and O–H groups in total. The monoisotopic (exact) mass is 1590 g/mol. The molecule has 0 aliphatic carbocycles. The fraction of sp³-hybridized carbons (Fsp3) is 0.847. The molecule has 0 saturated carbocycles. The van der Waals surface area contributed by atoms with Gasteiger partial charge >= 0.3 is 55.0 Å². The molecule has 2 aliphatic rings. The van der Waals surface area contributed by atoms with Gasteiger partial charge < -0.3 is 73.5 Å². The van der Waals surface area contributed by atoms with E-state index in [9.17, 15) is 121 Å². The Bertz CT molecular complexity index is 2780. The number of nitrogens with one attached hydrogen (secondary N) is 4. The lowest BCUT2D eigenvalue weighted by Crippen LogP contribution is -2.53. The summed E-state index contributed by atoms with van der Waals surface area (Å²) in [6.45, 7) is -5.46. The van der Waals surface area contributed by atoms with Crippen LogP contribution in [0.3, 0.4) is 0 Å². The molecule has 3 heterocycles. The number of carbonyl (C=O) groups excluding carboxylic acids is 7. The number of aryl methyl sites for hydroxylation is 1. The summed E-state index contributed by atoms with van der Waals surface area (Å²) in [5.74, 6) is -10.9. The highest BCUT2D eigenvalue weighted by Crippen LogP contribution is 2.41. The van der Waals surface area contributed by atoms with Crippen LogP contribution in [0.25, 0.3) is 0 Å². The van der Waals surface area contributed by atoms with Crippen LogP contribution in [0.1, 0.15) is 103 Å². The first-order chi connectivity index (χ1) is 48.9. The number of amides is 5. The van der Waals surface area contributed by atoms with Crippen LogP contribution in [0, 0.1) is 0 Å². The average molecular weight is 1590 g/mol. The van der Waals surface area contributed by atoms with E-state index in [0.717, 1.165) is 31.9 Å². The van der Waals surface area contributed by atoms with Crippen LogP contribution < -0.4 is 21.3 Å². The zero-order valence-electron chi connectivity index (χ0n) is 56.5. The fourth-order valence-corrected chi connectivity index (χ4v) is 11.0. The Morgan fingerprint density at radius 3 is 1.66 bits per heavy atom. The lowest BCUT2D eigenvalue weighted by atomic mass is 10.0. The van der Waals surface area contributed by atoms with Crippen LogP contribution in [-0.4, -0.2) is 270 Å². The van der Waals surface area contributed by atoms with Crippen LogP contribution in [0.4, 0.5) is 92.6 Å². The summed E-state index contributed by atoms with van der Waals surface area (Å²) in [7, 11) is 0. The smallest absolute Gasteiger partial charge is 0.379 e. The zero-order valence-corrected chi connectivity index (χ0v) is 57.3. The van der Waals surface area contributed by atoms with Gasteiger partial charge in [-0.1, -0.05) is 18.6 Å². The standard InChI is InChI=1S/C59H84F20N8O17S/c1-2-53(63,64)103-44(56(68,69)70)34-101-50(58(74,75)76)41(89)8-5-16-80-46(91)13-21-95-27-30-98-24-18-86(48(93)15-23-97-29-32-100-26-20-87-33-38(84-85-87)11-12-39(88)7-3-4-9-42-49-40(36-105-42)82-51(94)83-49)19-25-99-31-28-96-22-14-47(92)81-17-6-10-43(90)55(67,59(77,78)79)102-35-45(57(71,72)73)104-54(65,66)37-52(60,61)62/h33,40,42,44-45,49-50H,2-32,34-37H2,1H3,(H,80,91)(H,81,92)(H2,82,83,94)/t40-,42-,44?,45?,49-,50?,55?/m0/s1. The number of fused-ring (bicyclic) bond motifs is 1. The highest BCUT2D eigenvalue weighted by molar-refractivity contribution is 8.00. The number of urea groups is 1. The van der Waals surface area contributed by atoms with Crippen LogP contribution in [0.2, 0.25) is 0 Å². The van der Waals surface area contributed by atoms with Gasteiger partial charge in [0.15, 0.2) is 18.0 Å². The molecule has 608 valence electrons. The number of aromatic nitrogens is 3. The average Bonchev–Trinajstić information content (AvgIpc) is 1.36. The Morgan fingerprint density at radius 2 is 1.12 bits per heavy atom. The number of alkyl halides is 20. The van der Waals surface area contributed by atoms with Gasteiger partial charge in [0.2, 0.25) is 29.6 Å². The van der Waals surface area contributed by atoms with Crippen molar-refractivity contribution < 1.29 is 169 Å². The van der Waals surface area contributed by atoms with Gasteiger partial charge in [0.25, 0.3) is 0 Å². The van der Waals surface area contributed by atoms with Crippen molar-refractivity contribution in [2.45, 2.75) is 194 Å². The van der Waals surface area contributed by atoms with E-state index in [-0.39, 0.29) is 136 Å². The number of thioether (sulfide) groups is 1. The Kier molecular flexibility index (Phi) is 40.4. The zero-order chi connectivity index (χ0) is 78.7. The van der Waals surface area contributed by atoms with Gasteiger partial charge in [0, 0.05) is 88.3 Å². The largest absolute Gasteiger partial charge is 0.456 e. The number of hydrogen-bond donors (Lipinski definition) is 4. The summed E-state index contributed by atoms with van der Waals surface area (Å²) < 4.78 is 315. The van der Waals surface area contributed by atoms with Crippen LogP contribution >= 0.6 is 11.8 Å². The molecule has 1 aromatic rings. The van der Waals surface area contributed by atoms with E-state index in [1.165, 1.54) is 4.90 Å². The third-order valence-electron chi connectivity index (χ3n) is 14.9. The third-order valence-corrected chi connectivity index (χ3v) is 16.4. The molecule has 3 rings (SSSR count). The Morgan fingerprint density at radius 1 is 0.600 bits per heavy atom. The first kappa shape index (κ1) is 93.6. The number of ether oxygens (including phenoxy) is 10. The maximum Gasteiger partial charge on any atom is 0.456 e. The molecule has 46 heteroatoms. The quantitative estimate of drug-likeness (QED) is 0.0271. The van der Waals surface area contributed by atoms with E-state index < -0.39 is 161 Å². The molecule has 0 bridgehead atoms. The molecule has 2 fully saturated rings. The van der Waals surface area contributed by atoms with Gasteiger partial charge in [-0.25, -0.2) is 9.48 Å². The molecule has 25 nitrogen and oxygen atoms in total. The maximum absolute atomic E-state index is 14.9. The maximum atomic E-state index is 14.9. The third kappa shape index (κ3) is 38.3. The first-order valence-electron chi connectivity index (χ1n) is 32.8. The molecule has 1 aromatic heterocycles. The van der Waals surface area contributed by atoms with Crippen molar-refractivity contribution in [3.63, 3.8) is 0 Å².